The van der Waals surface area contributed by atoms with E-state index in [2.05, 4.69) is 10.3 Å². The van der Waals surface area contributed by atoms with Crippen LogP contribution in [0.3, 0.4) is 0 Å². The van der Waals surface area contributed by atoms with Gasteiger partial charge in [-0.3, -0.25) is 14.5 Å². The average Bonchev–Trinajstić information content (AvgIpc) is 3.60. The highest BCUT2D eigenvalue weighted by Crippen LogP contribution is 2.44. The van der Waals surface area contributed by atoms with Crippen LogP contribution < -0.4 is 11.1 Å². The minimum Gasteiger partial charge on any atom is -0.453 e. The summed E-state index contributed by atoms with van der Waals surface area (Å²) in [6, 6.07) is 18.2. The maximum absolute atomic E-state index is 15.7. The zero-order valence-electron chi connectivity index (χ0n) is 28.8. The summed E-state index contributed by atoms with van der Waals surface area (Å²) in [5, 5.41) is 2.24. The lowest BCUT2D eigenvalue weighted by molar-refractivity contribution is -0.129. The molecule has 1 aliphatic rings. The average molecular weight is 778 g/mol. The number of nitrogens with one attached hydrogen (secondary N) is 1. The number of likely N-dealkylation sites (N-methyl/N-ethyl adjacent to an activating group) is 1. The Morgan fingerprint density at radius 2 is 1.64 bits per heavy atom. The molecule has 0 aliphatic heterocycles. The monoisotopic (exact) mass is 777 g/mol. The van der Waals surface area contributed by atoms with E-state index in [-0.39, 0.29) is 4.90 Å². The number of nitrogens with two attached hydrogens (primary N) is 1. The lowest BCUT2D eigenvalue weighted by atomic mass is 9.81. The maximum Gasteiger partial charge on any atom is 0.409 e. The number of benzene rings is 3. The first kappa shape index (κ1) is 39.6. The highest BCUT2D eigenvalue weighted by Gasteiger charge is 2.49. The summed E-state index contributed by atoms with van der Waals surface area (Å²) >= 11 is 1.15. The Bertz CT molecular complexity index is 1970. The topological polar surface area (TPSA) is 152 Å². The van der Waals surface area contributed by atoms with Crippen molar-refractivity contribution in [3.8, 4) is 0 Å². The third-order valence-corrected chi connectivity index (χ3v) is 11.9. The van der Waals surface area contributed by atoms with E-state index in [1.54, 1.807) is 60.7 Å². The van der Waals surface area contributed by atoms with Crippen molar-refractivity contribution in [1.82, 2.24) is 19.5 Å². The highest BCUT2D eigenvalue weighted by molar-refractivity contribution is 7.89. The van der Waals surface area contributed by atoms with Crippen molar-refractivity contribution in [3.63, 3.8) is 0 Å². The Hall–Kier alpha value is -4.61. The predicted molar refractivity (Wildman–Crippen MR) is 190 cm³/mol. The normalized spacial score (nSPS) is 15.8. The molecule has 2 unspecified atom stereocenters. The Kier molecular flexibility index (Phi) is 12.1. The molecular formula is C36H39F4N5O6S2. The lowest BCUT2D eigenvalue weighted by Gasteiger charge is -2.39. The van der Waals surface area contributed by atoms with Crippen molar-refractivity contribution in [2.24, 2.45) is 11.7 Å². The van der Waals surface area contributed by atoms with Gasteiger partial charge in [0.1, 0.15) is 12.1 Å². The van der Waals surface area contributed by atoms with Gasteiger partial charge < -0.3 is 15.8 Å². The number of alkyl halides is 4. The molecule has 0 spiro atoms. The number of aromatic nitrogens is 1. The van der Waals surface area contributed by atoms with Crippen molar-refractivity contribution in [3.05, 3.63) is 95.5 Å². The standard InChI is InChI=1S/C36H39F4N5O6S2/c1-44(34(48)51-2)31(30(24-9-5-3-6-10-24)25-11-7-4-8-12-25)33(47)42-21-35(37,38)16-15-28(32(41)46)45(20-23-18-36(39,40)19-23)53(49,50)26-13-14-27-29(17-26)52-22-43-27/h3-14,17,22-23,28,30-31H,15-16,18-21H2,1-2H3,(H2,41,46)(H,42,47). The van der Waals surface area contributed by atoms with Gasteiger partial charge in [0.05, 0.1) is 34.3 Å². The number of fused-ring (bicyclic) bond motifs is 1. The smallest absolute Gasteiger partial charge is 0.409 e. The summed E-state index contributed by atoms with van der Waals surface area (Å²) in [6.45, 7) is -1.79. The molecule has 5 rings (SSSR count). The lowest BCUT2D eigenvalue weighted by Crippen LogP contribution is -2.54. The van der Waals surface area contributed by atoms with Gasteiger partial charge in [-0.1, -0.05) is 60.7 Å². The molecule has 3 N–H and O–H groups in total. The van der Waals surface area contributed by atoms with Crippen LogP contribution in [0.15, 0.2) is 89.3 Å². The largest absolute Gasteiger partial charge is 0.453 e. The highest BCUT2D eigenvalue weighted by atomic mass is 32.2. The van der Waals surface area contributed by atoms with Crippen molar-refractivity contribution >= 4 is 49.5 Å². The van der Waals surface area contributed by atoms with E-state index in [0.29, 0.717) is 25.6 Å². The van der Waals surface area contributed by atoms with Crippen LogP contribution in [0.4, 0.5) is 22.4 Å². The second-order valence-electron chi connectivity index (χ2n) is 13.0. The van der Waals surface area contributed by atoms with Crippen molar-refractivity contribution < 1.29 is 45.1 Å². The number of carbonyl (C=O) groups excluding carboxylic acids is 3. The van der Waals surface area contributed by atoms with Crippen molar-refractivity contribution in [2.75, 3.05) is 27.2 Å². The summed E-state index contributed by atoms with van der Waals surface area (Å²) in [5.74, 6) is -10.6. The molecule has 0 saturated heterocycles. The molecule has 1 fully saturated rings. The molecule has 0 bridgehead atoms. The SMILES string of the molecule is COC(=O)N(C)C(C(=O)NCC(F)(F)CCC(C(N)=O)N(CC1CC(F)(F)C1)S(=O)(=O)c1ccc2ncsc2c1)C(c1ccccc1)c1ccccc1. The van der Waals surface area contributed by atoms with Crippen molar-refractivity contribution in [1.29, 1.82) is 0 Å². The van der Waals surface area contributed by atoms with Crippen LogP contribution in [0.1, 0.15) is 42.7 Å². The van der Waals surface area contributed by atoms with Gasteiger partial charge >= 0.3 is 6.09 Å². The molecule has 2 atom stereocenters. The molecule has 1 saturated carbocycles. The van der Waals surface area contributed by atoms with Gasteiger partial charge in [-0.15, -0.1) is 11.3 Å². The van der Waals surface area contributed by atoms with Crippen molar-refractivity contribution in [2.45, 2.75) is 60.4 Å². The summed E-state index contributed by atoms with van der Waals surface area (Å²) in [6.07, 6.45) is -4.08. The fraction of sp³-hybridized carbons (Fsp3) is 0.389. The van der Waals surface area contributed by atoms with Gasteiger partial charge in [0.2, 0.25) is 27.8 Å². The number of thiazole rings is 1. The fourth-order valence-electron chi connectivity index (χ4n) is 6.56. The molecule has 1 heterocycles. The number of primary amides is 1. The second kappa shape index (κ2) is 16.2. The van der Waals surface area contributed by atoms with Gasteiger partial charge in [0, 0.05) is 38.8 Å². The first-order valence-corrected chi connectivity index (χ1v) is 18.9. The number of hydrogen-bond acceptors (Lipinski definition) is 8. The Balaban J connectivity index is 1.37. The van der Waals surface area contributed by atoms with E-state index >= 15 is 8.78 Å². The van der Waals surface area contributed by atoms with Crippen LogP contribution in [0.25, 0.3) is 10.2 Å². The molecule has 0 radical (unpaired) electrons. The zero-order chi connectivity index (χ0) is 38.6. The fourth-order valence-corrected chi connectivity index (χ4v) is 9.08. The van der Waals surface area contributed by atoms with Crippen LogP contribution in [-0.4, -0.2) is 91.7 Å². The molecule has 1 aromatic heterocycles. The molecule has 53 heavy (non-hydrogen) atoms. The summed E-state index contributed by atoms with van der Waals surface area (Å²) in [5.41, 5.74) is 8.86. The number of rotatable bonds is 16. The first-order valence-electron chi connectivity index (χ1n) is 16.6. The number of amides is 3. The van der Waals surface area contributed by atoms with Gasteiger partial charge in [-0.05, 0) is 41.7 Å². The molecular weight excluding hydrogens is 739 g/mol. The number of hydrogen-bond donors (Lipinski definition) is 2. The minimum atomic E-state index is -4.61. The molecule has 11 nitrogen and oxygen atoms in total. The zero-order valence-corrected chi connectivity index (χ0v) is 30.5. The molecule has 17 heteroatoms. The van der Waals surface area contributed by atoms with Gasteiger partial charge in [0.25, 0.3) is 5.92 Å². The van der Waals surface area contributed by atoms with E-state index in [9.17, 15) is 31.6 Å². The molecule has 1 aliphatic carbocycles. The van der Waals surface area contributed by atoms with Crippen LogP contribution in [0.5, 0.6) is 0 Å². The van der Waals surface area contributed by atoms with Gasteiger partial charge in [0.15, 0.2) is 0 Å². The van der Waals surface area contributed by atoms with Gasteiger partial charge in [-0.2, -0.15) is 4.31 Å². The number of methoxy groups -OCH3 is 1. The number of halogens is 4. The quantitative estimate of drug-likeness (QED) is 0.140. The third kappa shape index (κ3) is 9.31. The summed E-state index contributed by atoms with van der Waals surface area (Å²) in [7, 11) is -2.18. The van der Waals surface area contributed by atoms with Gasteiger partial charge in [-0.25, -0.2) is 35.8 Å². The van der Waals surface area contributed by atoms with Crippen LogP contribution >= 0.6 is 11.3 Å². The minimum absolute atomic E-state index is 0.280. The Labute approximate surface area is 308 Å². The third-order valence-electron chi connectivity index (χ3n) is 9.28. The van der Waals surface area contributed by atoms with Crippen LogP contribution in [0, 0.1) is 5.92 Å². The van der Waals surface area contributed by atoms with E-state index in [1.165, 1.54) is 30.8 Å². The van der Waals surface area contributed by atoms with Crippen LogP contribution in [-0.2, 0) is 24.3 Å². The van der Waals surface area contributed by atoms with E-state index in [4.69, 9.17) is 10.5 Å². The Morgan fingerprint density at radius 1 is 1.04 bits per heavy atom. The number of carbonyl (C=O) groups is 3. The van der Waals surface area contributed by atoms with E-state index in [0.717, 1.165) is 23.3 Å². The molecule has 284 valence electrons. The number of sulfonamides is 1. The van der Waals surface area contributed by atoms with E-state index in [1.807, 2.05) is 0 Å². The molecule has 4 aromatic rings. The maximum atomic E-state index is 15.7. The first-order chi connectivity index (χ1) is 25.0. The summed E-state index contributed by atoms with van der Waals surface area (Å²) < 4.78 is 92.8. The second-order valence-corrected chi connectivity index (χ2v) is 15.8. The Morgan fingerprint density at radius 3 is 2.19 bits per heavy atom. The molecule has 3 amide bonds. The van der Waals surface area contributed by atoms with Crippen LogP contribution in [0.2, 0.25) is 0 Å². The van der Waals surface area contributed by atoms with E-state index < -0.39 is 102 Å². The molecule has 3 aromatic carbocycles. The number of nitrogens with zero attached hydrogens (tertiary/aromatic N) is 3. The summed E-state index contributed by atoms with van der Waals surface area (Å²) in [4.78, 5) is 44.2. The number of ether oxygens (including phenoxy) is 1. The predicted octanol–water partition coefficient (Wildman–Crippen LogP) is 5.62.